The Morgan fingerprint density at radius 1 is 0.914 bits per heavy atom. The summed E-state index contributed by atoms with van der Waals surface area (Å²) in [5, 5.41) is 8.75. The van der Waals surface area contributed by atoms with Crippen LogP contribution in [-0.4, -0.2) is 24.3 Å². The fourth-order valence-electron chi connectivity index (χ4n) is 3.47. The average Bonchev–Trinajstić information content (AvgIpc) is 3.46. The number of carbonyl (C=O) groups excluding carboxylic acids is 2. The number of benzene rings is 3. The molecule has 0 saturated heterocycles. The van der Waals surface area contributed by atoms with Gasteiger partial charge in [0.2, 0.25) is 6.79 Å². The van der Waals surface area contributed by atoms with E-state index in [2.05, 4.69) is 15.8 Å². The summed E-state index contributed by atoms with van der Waals surface area (Å²) in [5.41, 5.74) is 4.99. The summed E-state index contributed by atoms with van der Waals surface area (Å²) < 4.78 is 11.4. The van der Waals surface area contributed by atoms with E-state index in [-0.39, 0.29) is 12.7 Å². The molecule has 2 N–H and O–H groups in total. The van der Waals surface area contributed by atoms with Crippen molar-refractivity contribution in [3.8, 4) is 11.5 Å². The molecule has 0 radical (unpaired) electrons. The fourth-order valence-corrected chi connectivity index (χ4v) is 5.15. The Balaban J connectivity index is 1.24. The first-order valence-corrected chi connectivity index (χ1v) is 12.0. The van der Waals surface area contributed by atoms with Crippen molar-refractivity contribution in [2.45, 2.75) is 6.92 Å². The molecule has 176 valence electrons. The van der Waals surface area contributed by atoms with Crippen LogP contribution in [0, 0.1) is 0 Å². The first kappa shape index (κ1) is 23.2. The summed E-state index contributed by atoms with van der Waals surface area (Å²) in [6.45, 7) is 1.92. The molecule has 0 fully saturated rings. The Kier molecular flexibility index (Phi) is 6.34. The van der Waals surface area contributed by atoms with Gasteiger partial charge in [0.05, 0.1) is 10.7 Å². The van der Waals surface area contributed by atoms with Crippen LogP contribution in [0.25, 0.3) is 10.1 Å². The molecule has 0 aliphatic carbocycles. The maximum Gasteiger partial charge on any atom is 0.283 e. The van der Waals surface area contributed by atoms with Crippen molar-refractivity contribution < 1.29 is 19.1 Å². The van der Waals surface area contributed by atoms with E-state index < -0.39 is 5.91 Å². The summed E-state index contributed by atoms with van der Waals surface area (Å²) in [7, 11) is 0. The van der Waals surface area contributed by atoms with E-state index in [1.54, 1.807) is 67.6 Å². The summed E-state index contributed by atoms with van der Waals surface area (Å²) in [6.07, 6.45) is 0. The molecular weight excluding hydrogens is 509 g/mol. The highest BCUT2D eigenvalue weighted by atomic mass is 35.5. The van der Waals surface area contributed by atoms with Gasteiger partial charge >= 0.3 is 0 Å². The minimum atomic E-state index is -0.403. The van der Waals surface area contributed by atoms with Crippen LogP contribution in [0.1, 0.15) is 32.5 Å². The predicted molar refractivity (Wildman–Crippen MR) is 138 cm³/mol. The largest absolute Gasteiger partial charge is 0.454 e. The SMILES string of the molecule is C/C(=N\NC(=O)c1sc2cc(Cl)ccc2c1Cl)c1ccc(NC(=O)c2ccc3c(c2)OCO3)cc1. The van der Waals surface area contributed by atoms with Crippen LogP contribution >= 0.6 is 34.5 Å². The number of hydrogen-bond donors (Lipinski definition) is 2. The lowest BCUT2D eigenvalue weighted by Gasteiger charge is -2.07. The van der Waals surface area contributed by atoms with Crippen LogP contribution in [0.2, 0.25) is 10.0 Å². The summed E-state index contributed by atoms with van der Waals surface area (Å²) in [4.78, 5) is 25.6. The third-order valence-electron chi connectivity index (χ3n) is 5.32. The second kappa shape index (κ2) is 9.58. The molecule has 5 rings (SSSR count). The van der Waals surface area contributed by atoms with Gasteiger partial charge in [-0.2, -0.15) is 5.10 Å². The zero-order chi connectivity index (χ0) is 24.5. The molecule has 0 bridgehead atoms. The van der Waals surface area contributed by atoms with Crippen molar-refractivity contribution in [3.05, 3.63) is 86.7 Å². The summed E-state index contributed by atoms with van der Waals surface area (Å²) >= 11 is 13.7. The molecule has 0 unspecified atom stereocenters. The zero-order valence-corrected chi connectivity index (χ0v) is 20.6. The number of fused-ring (bicyclic) bond motifs is 2. The number of nitrogens with zero attached hydrogens (tertiary/aromatic N) is 1. The second-order valence-corrected chi connectivity index (χ2v) is 9.49. The normalized spacial score (nSPS) is 12.6. The van der Waals surface area contributed by atoms with E-state index in [9.17, 15) is 9.59 Å². The Hall–Kier alpha value is -3.59. The molecule has 2 heterocycles. The van der Waals surface area contributed by atoms with Crippen LogP contribution in [0.3, 0.4) is 0 Å². The first-order chi connectivity index (χ1) is 16.9. The topological polar surface area (TPSA) is 89.0 Å². The molecule has 1 aromatic heterocycles. The first-order valence-electron chi connectivity index (χ1n) is 10.4. The van der Waals surface area contributed by atoms with Gasteiger partial charge in [-0.1, -0.05) is 41.4 Å². The number of thiophene rings is 1. The van der Waals surface area contributed by atoms with E-state index in [1.807, 2.05) is 0 Å². The van der Waals surface area contributed by atoms with Crippen LogP contribution < -0.4 is 20.2 Å². The molecule has 0 saturated carbocycles. The van der Waals surface area contributed by atoms with Gasteiger partial charge in [-0.15, -0.1) is 11.3 Å². The summed E-state index contributed by atoms with van der Waals surface area (Å²) in [6, 6.07) is 17.4. The van der Waals surface area contributed by atoms with Gasteiger partial charge in [0.25, 0.3) is 11.8 Å². The maximum atomic E-state index is 12.6. The quantitative estimate of drug-likeness (QED) is 0.235. The second-order valence-electron chi connectivity index (χ2n) is 7.62. The van der Waals surface area contributed by atoms with Crippen LogP contribution in [0.5, 0.6) is 11.5 Å². The van der Waals surface area contributed by atoms with Crippen LogP contribution in [0.4, 0.5) is 5.69 Å². The minimum absolute atomic E-state index is 0.148. The third kappa shape index (κ3) is 4.81. The fraction of sp³-hybridized carbons (Fsp3) is 0.0800. The molecular formula is C25H17Cl2N3O4S. The molecule has 1 aliphatic heterocycles. The number of anilines is 1. The van der Waals surface area contributed by atoms with Gasteiger partial charge in [0.1, 0.15) is 4.88 Å². The van der Waals surface area contributed by atoms with E-state index in [1.165, 1.54) is 11.3 Å². The number of hydrazone groups is 1. The smallest absolute Gasteiger partial charge is 0.283 e. The van der Waals surface area contributed by atoms with Gasteiger partial charge in [-0.05, 0) is 55.0 Å². The van der Waals surface area contributed by atoms with Crippen LogP contribution in [0.15, 0.2) is 65.8 Å². The van der Waals surface area contributed by atoms with E-state index in [4.69, 9.17) is 32.7 Å². The van der Waals surface area contributed by atoms with Crippen molar-refractivity contribution in [2.24, 2.45) is 5.10 Å². The van der Waals surface area contributed by atoms with E-state index in [0.29, 0.717) is 43.4 Å². The lowest BCUT2D eigenvalue weighted by Crippen LogP contribution is -2.18. The Bertz CT molecular complexity index is 1500. The monoisotopic (exact) mass is 525 g/mol. The van der Waals surface area contributed by atoms with Crippen molar-refractivity contribution in [1.29, 1.82) is 0 Å². The van der Waals surface area contributed by atoms with Gasteiger partial charge < -0.3 is 14.8 Å². The molecule has 0 spiro atoms. The lowest BCUT2D eigenvalue weighted by molar-refractivity contribution is 0.0958. The molecule has 10 heteroatoms. The lowest BCUT2D eigenvalue weighted by atomic mass is 10.1. The molecule has 35 heavy (non-hydrogen) atoms. The number of hydrogen-bond acceptors (Lipinski definition) is 6. The number of rotatable bonds is 5. The van der Waals surface area contributed by atoms with Crippen molar-refractivity contribution in [3.63, 3.8) is 0 Å². The Morgan fingerprint density at radius 3 is 2.46 bits per heavy atom. The third-order valence-corrected chi connectivity index (χ3v) is 7.21. The molecule has 3 aromatic carbocycles. The van der Waals surface area contributed by atoms with E-state index in [0.717, 1.165) is 15.6 Å². The Labute approximate surface area is 214 Å². The number of nitrogens with one attached hydrogen (secondary N) is 2. The van der Waals surface area contributed by atoms with Gasteiger partial charge in [-0.25, -0.2) is 5.43 Å². The molecule has 4 aromatic rings. The zero-order valence-electron chi connectivity index (χ0n) is 18.2. The number of carbonyl (C=O) groups is 2. The molecule has 7 nitrogen and oxygen atoms in total. The highest BCUT2D eigenvalue weighted by Crippen LogP contribution is 2.36. The van der Waals surface area contributed by atoms with E-state index >= 15 is 0 Å². The van der Waals surface area contributed by atoms with Gasteiger partial charge in [0, 0.05) is 26.4 Å². The number of amides is 2. The maximum absolute atomic E-state index is 12.6. The van der Waals surface area contributed by atoms with Crippen molar-refractivity contribution in [1.82, 2.24) is 5.43 Å². The van der Waals surface area contributed by atoms with Gasteiger partial charge in [-0.3, -0.25) is 9.59 Å². The molecule has 2 amide bonds. The highest BCUT2D eigenvalue weighted by Gasteiger charge is 2.18. The Morgan fingerprint density at radius 2 is 1.66 bits per heavy atom. The number of ether oxygens (including phenoxy) is 2. The molecule has 1 aliphatic rings. The summed E-state index contributed by atoms with van der Waals surface area (Å²) in [5.74, 6) is 0.490. The standard InChI is InChI=1S/C25H17Cl2N3O4S/c1-13(29-30-25(32)23-22(27)18-8-5-16(26)11-21(18)35-23)14-2-6-17(7-3-14)28-24(31)15-4-9-19-20(10-15)34-12-33-19/h2-11H,12H2,1H3,(H,28,31)(H,30,32)/b29-13+. The van der Waals surface area contributed by atoms with Crippen molar-refractivity contribution in [2.75, 3.05) is 12.1 Å². The minimum Gasteiger partial charge on any atom is -0.454 e. The molecule has 0 atom stereocenters. The average molecular weight is 526 g/mol. The predicted octanol–water partition coefficient (Wildman–Crippen LogP) is 6.34. The number of halogens is 2. The highest BCUT2D eigenvalue weighted by molar-refractivity contribution is 7.21. The van der Waals surface area contributed by atoms with Crippen molar-refractivity contribution >= 4 is 67.8 Å². The van der Waals surface area contributed by atoms with Crippen LogP contribution in [-0.2, 0) is 0 Å². The van der Waals surface area contributed by atoms with Gasteiger partial charge in [0.15, 0.2) is 11.5 Å².